The third-order valence-corrected chi connectivity index (χ3v) is 3.97. The standard InChI is InChI=1S/C13H14ClNO2S/c1-7-5-10(17-3)8(2)4-9(7)12(16)13-15-6-11(14)18-13/h4-6,12,16H,1-3H3. The van der Waals surface area contributed by atoms with Crippen LogP contribution in [-0.4, -0.2) is 17.2 Å². The zero-order valence-corrected chi connectivity index (χ0v) is 12.0. The number of methoxy groups -OCH3 is 1. The van der Waals surface area contributed by atoms with Crippen LogP contribution in [0.15, 0.2) is 18.3 Å². The number of aromatic nitrogens is 1. The second-order valence-electron chi connectivity index (χ2n) is 4.08. The molecule has 0 aliphatic rings. The van der Waals surface area contributed by atoms with Crippen LogP contribution in [0.25, 0.3) is 0 Å². The fourth-order valence-corrected chi connectivity index (χ4v) is 2.79. The molecule has 0 saturated carbocycles. The van der Waals surface area contributed by atoms with Crippen LogP contribution in [0.1, 0.15) is 27.8 Å². The second-order valence-corrected chi connectivity index (χ2v) is 5.78. The highest BCUT2D eigenvalue weighted by molar-refractivity contribution is 7.15. The van der Waals surface area contributed by atoms with E-state index in [2.05, 4.69) is 4.98 Å². The largest absolute Gasteiger partial charge is 0.496 e. The summed E-state index contributed by atoms with van der Waals surface area (Å²) in [4.78, 5) is 4.11. The van der Waals surface area contributed by atoms with E-state index in [1.54, 1.807) is 13.3 Å². The maximum atomic E-state index is 10.3. The zero-order chi connectivity index (χ0) is 13.3. The average molecular weight is 284 g/mol. The summed E-state index contributed by atoms with van der Waals surface area (Å²) in [5.41, 5.74) is 2.79. The number of nitrogens with zero attached hydrogens (tertiary/aromatic N) is 1. The monoisotopic (exact) mass is 283 g/mol. The average Bonchev–Trinajstić information content (AvgIpc) is 2.77. The minimum absolute atomic E-state index is 0.576. The summed E-state index contributed by atoms with van der Waals surface area (Å²) >= 11 is 7.12. The van der Waals surface area contributed by atoms with E-state index in [4.69, 9.17) is 16.3 Å². The quantitative estimate of drug-likeness (QED) is 0.937. The van der Waals surface area contributed by atoms with E-state index >= 15 is 0 Å². The molecule has 0 aliphatic carbocycles. The molecular formula is C13H14ClNO2S. The van der Waals surface area contributed by atoms with Crippen LogP contribution < -0.4 is 4.74 Å². The molecule has 0 bridgehead atoms. The van der Waals surface area contributed by atoms with Gasteiger partial charge in [0.25, 0.3) is 0 Å². The van der Waals surface area contributed by atoms with Crippen LogP contribution in [0.4, 0.5) is 0 Å². The van der Waals surface area contributed by atoms with Gasteiger partial charge in [0.15, 0.2) is 0 Å². The van der Waals surface area contributed by atoms with Crippen molar-refractivity contribution in [2.24, 2.45) is 0 Å². The van der Waals surface area contributed by atoms with Crippen LogP contribution in [0.2, 0.25) is 4.34 Å². The first-order chi connectivity index (χ1) is 8.52. The van der Waals surface area contributed by atoms with Crippen molar-refractivity contribution in [1.29, 1.82) is 0 Å². The summed E-state index contributed by atoms with van der Waals surface area (Å²) in [6.07, 6.45) is 0.809. The molecule has 1 unspecified atom stereocenters. The number of aliphatic hydroxyl groups is 1. The molecule has 2 aromatic rings. The summed E-state index contributed by atoms with van der Waals surface area (Å²) in [7, 11) is 1.64. The Hall–Kier alpha value is -1.10. The lowest BCUT2D eigenvalue weighted by molar-refractivity contribution is 0.219. The van der Waals surface area contributed by atoms with Gasteiger partial charge in [-0.15, -0.1) is 11.3 Å². The van der Waals surface area contributed by atoms with Crippen molar-refractivity contribution in [2.45, 2.75) is 20.0 Å². The van der Waals surface area contributed by atoms with Crippen LogP contribution >= 0.6 is 22.9 Å². The molecule has 1 atom stereocenters. The van der Waals surface area contributed by atoms with E-state index < -0.39 is 6.10 Å². The van der Waals surface area contributed by atoms with Gasteiger partial charge in [0, 0.05) is 0 Å². The van der Waals surface area contributed by atoms with Gasteiger partial charge in [-0.2, -0.15) is 0 Å². The summed E-state index contributed by atoms with van der Waals surface area (Å²) in [6, 6.07) is 3.84. The van der Waals surface area contributed by atoms with Crippen LogP contribution in [0, 0.1) is 13.8 Å². The van der Waals surface area contributed by atoms with Crippen molar-refractivity contribution in [3.8, 4) is 5.75 Å². The number of rotatable bonds is 3. The Morgan fingerprint density at radius 3 is 2.61 bits per heavy atom. The van der Waals surface area contributed by atoms with Crippen LogP contribution in [0.5, 0.6) is 5.75 Å². The Kier molecular flexibility index (Phi) is 3.90. The number of hydrogen-bond donors (Lipinski definition) is 1. The Morgan fingerprint density at radius 2 is 2.06 bits per heavy atom. The van der Waals surface area contributed by atoms with E-state index in [9.17, 15) is 5.11 Å². The van der Waals surface area contributed by atoms with E-state index in [0.717, 1.165) is 22.4 Å². The molecular weight excluding hydrogens is 270 g/mol. The number of hydrogen-bond acceptors (Lipinski definition) is 4. The van der Waals surface area contributed by atoms with Crippen molar-refractivity contribution in [3.63, 3.8) is 0 Å². The van der Waals surface area contributed by atoms with Gasteiger partial charge in [0.05, 0.1) is 13.3 Å². The lowest BCUT2D eigenvalue weighted by atomic mass is 10.0. The fourth-order valence-electron chi connectivity index (χ4n) is 1.85. The topological polar surface area (TPSA) is 42.4 Å². The third-order valence-electron chi connectivity index (χ3n) is 2.81. The lowest BCUT2D eigenvalue weighted by Crippen LogP contribution is -2.03. The summed E-state index contributed by atoms with van der Waals surface area (Å²) in [5, 5.41) is 10.9. The molecule has 2 rings (SSSR count). The maximum absolute atomic E-state index is 10.3. The fraction of sp³-hybridized carbons (Fsp3) is 0.308. The summed E-state index contributed by atoms with van der Waals surface area (Å²) in [6.45, 7) is 3.89. The lowest BCUT2D eigenvalue weighted by Gasteiger charge is -2.14. The van der Waals surface area contributed by atoms with Crippen molar-refractivity contribution < 1.29 is 9.84 Å². The predicted molar refractivity (Wildman–Crippen MR) is 73.7 cm³/mol. The highest BCUT2D eigenvalue weighted by Crippen LogP contribution is 2.32. The molecule has 0 radical (unpaired) electrons. The third kappa shape index (κ3) is 2.51. The summed E-state index contributed by atoms with van der Waals surface area (Å²) < 4.78 is 5.83. The van der Waals surface area contributed by atoms with E-state index in [0.29, 0.717) is 9.34 Å². The first-order valence-corrected chi connectivity index (χ1v) is 6.66. The zero-order valence-electron chi connectivity index (χ0n) is 10.4. The maximum Gasteiger partial charge on any atom is 0.131 e. The molecule has 5 heteroatoms. The highest BCUT2D eigenvalue weighted by atomic mass is 35.5. The van der Waals surface area contributed by atoms with E-state index in [-0.39, 0.29) is 0 Å². The van der Waals surface area contributed by atoms with Gasteiger partial charge in [-0.05, 0) is 42.7 Å². The summed E-state index contributed by atoms with van der Waals surface area (Å²) in [5.74, 6) is 0.820. The van der Waals surface area contributed by atoms with Crippen molar-refractivity contribution >= 4 is 22.9 Å². The molecule has 3 nitrogen and oxygen atoms in total. The minimum Gasteiger partial charge on any atom is -0.496 e. The molecule has 0 saturated heterocycles. The number of aliphatic hydroxyl groups excluding tert-OH is 1. The Balaban J connectivity index is 2.42. The van der Waals surface area contributed by atoms with Crippen molar-refractivity contribution in [2.75, 3.05) is 7.11 Å². The number of ether oxygens (including phenoxy) is 1. The predicted octanol–water partition coefficient (Wildman–Crippen LogP) is 3.50. The molecule has 0 fully saturated rings. The van der Waals surface area contributed by atoms with Gasteiger partial charge >= 0.3 is 0 Å². The van der Waals surface area contributed by atoms with Gasteiger partial charge in [-0.3, -0.25) is 0 Å². The van der Waals surface area contributed by atoms with Crippen LogP contribution in [0.3, 0.4) is 0 Å². The Morgan fingerprint density at radius 1 is 1.33 bits per heavy atom. The normalized spacial score (nSPS) is 12.5. The van der Waals surface area contributed by atoms with Gasteiger partial charge in [-0.1, -0.05) is 11.6 Å². The Bertz CT molecular complexity index is 568. The molecule has 0 aliphatic heterocycles. The van der Waals surface area contributed by atoms with Gasteiger partial charge in [0.1, 0.15) is 21.2 Å². The van der Waals surface area contributed by atoms with E-state index in [1.807, 2.05) is 26.0 Å². The SMILES string of the molecule is COc1cc(C)c(C(O)c2ncc(Cl)s2)cc1C. The Labute approximate surface area is 115 Å². The van der Waals surface area contributed by atoms with Crippen molar-refractivity contribution in [3.05, 3.63) is 44.4 Å². The molecule has 96 valence electrons. The molecule has 18 heavy (non-hydrogen) atoms. The van der Waals surface area contributed by atoms with Crippen LogP contribution in [-0.2, 0) is 0 Å². The smallest absolute Gasteiger partial charge is 0.131 e. The molecule has 1 aromatic heterocycles. The van der Waals surface area contributed by atoms with E-state index in [1.165, 1.54) is 11.3 Å². The van der Waals surface area contributed by atoms with Gasteiger partial charge < -0.3 is 9.84 Å². The highest BCUT2D eigenvalue weighted by Gasteiger charge is 2.18. The first-order valence-electron chi connectivity index (χ1n) is 5.47. The molecule has 0 spiro atoms. The van der Waals surface area contributed by atoms with Gasteiger partial charge in [-0.25, -0.2) is 4.98 Å². The second kappa shape index (κ2) is 5.26. The molecule has 1 aromatic carbocycles. The molecule has 1 N–H and O–H groups in total. The first kappa shape index (κ1) is 13.3. The minimum atomic E-state index is -0.743. The molecule has 1 heterocycles. The number of thiazole rings is 1. The van der Waals surface area contributed by atoms with Crippen molar-refractivity contribution in [1.82, 2.24) is 4.98 Å². The van der Waals surface area contributed by atoms with Gasteiger partial charge in [0.2, 0.25) is 0 Å². The number of halogens is 1. The number of benzene rings is 1. The molecule has 0 amide bonds. The number of aryl methyl sites for hydroxylation is 2.